The lowest BCUT2D eigenvalue weighted by molar-refractivity contribution is -0.127. The van der Waals surface area contributed by atoms with Gasteiger partial charge in [-0.05, 0) is 74.4 Å². The van der Waals surface area contributed by atoms with Crippen molar-refractivity contribution in [3.63, 3.8) is 0 Å². The summed E-state index contributed by atoms with van der Waals surface area (Å²) in [6, 6.07) is 11.0. The topological polar surface area (TPSA) is 84.9 Å². The molecule has 2 aromatic rings. The number of carbonyl (C=O) groups excluding carboxylic acids is 3. The van der Waals surface area contributed by atoms with Crippen LogP contribution in [0.4, 0.5) is 10.5 Å². The van der Waals surface area contributed by atoms with Gasteiger partial charge in [0, 0.05) is 5.69 Å². The number of carbonyl (C=O) groups is 3. The van der Waals surface area contributed by atoms with Crippen LogP contribution in [-0.2, 0) is 9.59 Å². The number of nitrogens with zero attached hydrogens (tertiary/aromatic N) is 1. The molecule has 0 spiro atoms. The predicted molar refractivity (Wildman–Crippen MR) is 131 cm³/mol. The van der Waals surface area contributed by atoms with Gasteiger partial charge in [0.1, 0.15) is 6.54 Å². The van der Waals surface area contributed by atoms with Crippen molar-refractivity contribution in [2.75, 3.05) is 19.0 Å². The fourth-order valence-electron chi connectivity index (χ4n) is 3.25. The van der Waals surface area contributed by atoms with Crippen molar-refractivity contribution in [3.8, 4) is 11.5 Å². The Morgan fingerprint density at radius 1 is 1.15 bits per heavy atom. The standard InChI is InChI=1S/C25H28N2O5S/c1-6-17(4)32-20-10-8-18(12-21(20)31-5)13-22-24(29)27(25(30)33-22)14-23(28)26-19-9-7-15(2)11-16(19)3/h7-13,17H,6,14H2,1-5H3,(H,26,28)/b22-13-/t17-/m1/s1. The molecule has 1 heterocycles. The molecule has 3 amide bonds. The van der Waals surface area contributed by atoms with Gasteiger partial charge in [0.2, 0.25) is 5.91 Å². The van der Waals surface area contributed by atoms with Crippen LogP contribution in [0.2, 0.25) is 0 Å². The molecule has 0 bridgehead atoms. The largest absolute Gasteiger partial charge is 0.493 e. The fourth-order valence-corrected chi connectivity index (χ4v) is 4.08. The molecule has 2 aromatic carbocycles. The lowest BCUT2D eigenvalue weighted by atomic mass is 10.1. The number of amides is 3. The van der Waals surface area contributed by atoms with Crippen molar-refractivity contribution >= 4 is 40.6 Å². The zero-order valence-electron chi connectivity index (χ0n) is 19.4. The summed E-state index contributed by atoms with van der Waals surface area (Å²) in [4.78, 5) is 38.9. The molecule has 174 valence electrons. The Morgan fingerprint density at radius 2 is 1.91 bits per heavy atom. The van der Waals surface area contributed by atoms with Crippen LogP contribution in [-0.4, -0.2) is 41.7 Å². The monoisotopic (exact) mass is 468 g/mol. The number of rotatable bonds is 8. The highest BCUT2D eigenvalue weighted by atomic mass is 32.2. The molecule has 0 aliphatic carbocycles. The number of thioether (sulfide) groups is 1. The normalized spacial score (nSPS) is 15.7. The molecule has 33 heavy (non-hydrogen) atoms. The zero-order valence-corrected chi connectivity index (χ0v) is 20.2. The molecule has 0 aromatic heterocycles. The van der Waals surface area contributed by atoms with Crippen LogP contribution < -0.4 is 14.8 Å². The maximum Gasteiger partial charge on any atom is 0.294 e. The van der Waals surface area contributed by atoms with Gasteiger partial charge in [-0.3, -0.25) is 19.3 Å². The minimum Gasteiger partial charge on any atom is -0.493 e. The molecule has 0 unspecified atom stereocenters. The van der Waals surface area contributed by atoms with Gasteiger partial charge in [-0.15, -0.1) is 0 Å². The van der Waals surface area contributed by atoms with Crippen molar-refractivity contribution in [3.05, 3.63) is 58.0 Å². The first-order chi connectivity index (χ1) is 15.7. The van der Waals surface area contributed by atoms with Gasteiger partial charge in [0.25, 0.3) is 11.1 Å². The minimum atomic E-state index is -0.500. The number of methoxy groups -OCH3 is 1. The van der Waals surface area contributed by atoms with Crippen molar-refractivity contribution < 1.29 is 23.9 Å². The third-order valence-corrected chi connectivity index (χ3v) is 6.13. The fraction of sp³-hybridized carbons (Fsp3) is 0.320. The summed E-state index contributed by atoms with van der Waals surface area (Å²) in [6.45, 7) is 7.51. The molecule has 1 fully saturated rings. The van der Waals surface area contributed by atoms with E-state index in [0.717, 1.165) is 34.2 Å². The van der Waals surface area contributed by atoms with Crippen molar-refractivity contribution in [2.24, 2.45) is 0 Å². The van der Waals surface area contributed by atoms with Crippen molar-refractivity contribution in [2.45, 2.75) is 40.2 Å². The van der Waals surface area contributed by atoms with E-state index in [1.54, 1.807) is 37.5 Å². The third-order valence-electron chi connectivity index (χ3n) is 5.22. The van der Waals surface area contributed by atoms with Gasteiger partial charge >= 0.3 is 0 Å². The molecule has 1 aliphatic heterocycles. The van der Waals surface area contributed by atoms with Gasteiger partial charge in [0.05, 0.1) is 18.1 Å². The number of imide groups is 1. The molecule has 1 N–H and O–H groups in total. The van der Waals surface area contributed by atoms with Crippen LogP contribution in [0.3, 0.4) is 0 Å². The van der Waals surface area contributed by atoms with E-state index in [1.165, 1.54) is 0 Å². The maximum absolute atomic E-state index is 12.8. The first-order valence-electron chi connectivity index (χ1n) is 10.7. The summed E-state index contributed by atoms with van der Waals surface area (Å²) >= 11 is 0.808. The predicted octanol–water partition coefficient (Wildman–Crippen LogP) is 5.16. The van der Waals surface area contributed by atoms with Crippen LogP contribution in [0.5, 0.6) is 11.5 Å². The number of benzene rings is 2. The lowest BCUT2D eigenvalue weighted by Gasteiger charge is -2.16. The molecule has 0 saturated carbocycles. The highest BCUT2D eigenvalue weighted by Crippen LogP contribution is 2.35. The van der Waals surface area contributed by atoms with Crippen LogP contribution in [0.25, 0.3) is 6.08 Å². The van der Waals surface area contributed by atoms with E-state index in [2.05, 4.69) is 5.32 Å². The first-order valence-corrected chi connectivity index (χ1v) is 11.5. The molecular weight excluding hydrogens is 440 g/mol. The number of hydrogen-bond donors (Lipinski definition) is 1. The molecule has 7 nitrogen and oxygen atoms in total. The van der Waals surface area contributed by atoms with Gasteiger partial charge in [-0.1, -0.05) is 30.7 Å². The Balaban J connectivity index is 1.72. The highest BCUT2D eigenvalue weighted by molar-refractivity contribution is 8.18. The molecule has 3 rings (SSSR count). The van der Waals surface area contributed by atoms with Crippen LogP contribution >= 0.6 is 11.8 Å². The van der Waals surface area contributed by atoms with Gasteiger partial charge in [-0.25, -0.2) is 0 Å². The Kier molecular flexibility index (Phi) is 7.81. The number of nitrogens with one attached hydrogen (secondary N) is 1. The van der Waals surface area contributed by atoms with Gasteiger partial charge < -0.3 is 14.8 Å². The van der Waals surface area contributed by atoms with Gasteiger partial charge in [0.15, 0.2) is 11.5 Å². The van der Waals surface area contributed by atoms with E-state index >= 15 is 0 Å². The Morgan fingerprint density at radius 3 is 2.58 bits per heavy atom. The van der Waals surface area contributed by atoms with Crippen LogP contribution in [0, 0.1) is 13.8 Å². The molecule has 1 aliphatic rings. The summed E-state index contributed by atoms with van der Waals surface area (Å²) in [5, 5.41) is 2.29. The Hall–Kier alpha value is -3.26. The Bertz CT molecular complexity index is 1110. The van der Waals surface area contributed by atoms with Crippen molar-refractivity contribution in [1.29, 1.82) is 0 Å². The van der Waals surface area contributed by atoms with Gasteiger partial charge in [-0.2, -0.15) is 0 Å². The summed E-state index contributed by atoms with van der Waals surface area (Å²) in [6.07, 6.45) is 2.51. The SMILES string of the molecule is CC[C@@H](C)Oc1ccc(/C=C2\SC(=O)N(CC(=O)Nc3ccc(C)cc3C)C2=O)cc1OC. The van der Waals surface area contributed by atoms with Crippen LogP contribution in [0.15, 0.2) is 41.3 Å². The third kappa shape index (κ3) is 5.96. The average molecular weight is 469 g/mol. The molecular formula is C25H28N2O5S. The lowest BCUT2D eigenvalue weighted by Crippen LogP contribution is -2.36. The molecule has 1 atom stereocenters. The van der Waals surface area contributed by atoms with Crippen molar-refractivity contribution in [1.82, 2.24) is 4.90 Å². The minimum absolute atomic E-state index is 0.0380. The average Bonchev–Trinajstić information content (AvgIpc) is 3.03. The zero-order chi connectivity index (χ0) is 24.1. The summed E-state index contributed by atoms with van der Waals surface area (Å²) in [7, 11) is 1.55. The number of aryl methyl sites for hydroxylation is 2. The van der Waals surface area contributed by atoms with E-state index in [4.69, 9.17) is 9.47 Å². The van der Waals surface area contributed by atoms with E-state index in [0.29, 0.717) is 22.7 Å². The second-order valence-corrected chi connectivity index (χ2v) is 8.87. The number of ether oxygens (including phenoxy) is 2. The quantitative estimate of drug-likeness (QED) is 0.539. The van der Waals surface area contributed by atoms with E-state index in [9.17, 15) is 14.4 Å². The summed E-state index contributed by atoms with van der Waals surface area (Å²) in [5.74, 6) is 0.217. The summed E-state index contributed by atoms with van der Waals surface area (Å²) in [5.41, 5.74) is 3.33. The second kappa shape index (κ2) is 10.6. The number of anilines is 1. The summed E-state index contributed by atoms with van der Waals surface area (Å²) < 4.78 is 11.3. The first kappa shape index (κ1) is 24.4. The Labute approximate surface area is 198 Å². The smallest absolute Gasteiger partial charge is 0.294 e. The number of hydrogen-bond acceptors (Lipinski definition) is 6. The van der Waals surface area contributed by atoms with E-state index in [-0.39, 0.29) is 17.6 Å². The van der Waals surface area contributed by atoms with E-state index in [1.807, 2.05) is 39.8 Å². The molecule has 1 saturated heterocycles. The second-order valence-electron chi connectivity index (χ2n) is 7.88. The maximum atomic E-state index is 12.8. The van der Waals surface area contributed by atoms with E-state index < -0.39 is 17.1 Å². The molecule has 8 heteroatoms. The highest BCUT2D eigenvalue weighted by Gasteiger charge is 2.36. The van der Waals surface area contributed by atoms with Crippen LogP contribution in [0.1, 0.15) is 37.0 Å². The molecule has 0 radical (unpaired) electrons.